The molecule has 0 amide bonds. The van der Waals surface area contributed by atoms with Crippen LogP contribution in [0.3, 0.4) is 0 Å². The van der Waals surface area contributed by atoms with Crippen molar-refractivity contribution in [3.8, 4) is 0 Å². The predicted octanol–water partition coefficient (Wildman–Crippen LogP) is 3.24. The highest BCUT2D eigenvalue weighted by Crippen LogP contribution is 2.20. The highest BCUT2D eigenvalue weighted by Gasteiger charge is 2.15. The lowest BCUT2D eigenvalue weighted by Gasteiger charge is -2.23. The molecule has 0 bridgehead atoms. The molecule has 0 heterocycles. The first-order valence-corrected chi connectivity index (χ1v) is 6.44. The number of benzene rings is 2. The normalized spacial score (nSPS) is 13.7. The third-order valence-electron chi connectivity index (χ3n) is 3.16. The van der Waals surface area contributed by atoms with Gasteiger partial charge >= 0.3 is 0 Å². The van der Waals surface area contributed by atoms with Gasteiger partial charge in [0.15, 0.2) is 0 Å². The molecular weight excluding hydrogens is 234 g/mol. The minimum Gasteiger partial charge on any atom is -0.394 e. The van der Waals surface area contributed by atoms with Crippen molar-refractivity contribution < 1.29 is 5.11 Å². The summed E-state index contributed by atoms with van der Waals surface area (Å²) in [7, 11) is 0. The lowest BCUT2D eigenvalue weighted by Crippen LogP contribution is -2.27. The number of hydrogen-bond donors (Lipinski definition) is 2. The summed E-state index contributed by atoms with van der Waals surface area (Å²) in [6.07, 6.45) is 1.86. The van der Waals surface area contributed by atoms with E-state index in [1.807, 2.05) is 54.6 Å². The van der Waals surface area contributed by atoms with E-state index < -0.39 is 0 Å². The molecule has 0 aromatic heterocycles. The van der Waals surface area contributed by atoms with Crippen molar-refractivity contribution in [2.45, 2.75) is 12.1 Å². The van der Waals surface area contributed by atoms with Crippen LogP contribution in [0.5, 0.6) is 0 Å². The predicted molar refractivity (Wildman–Crippen MR) is 78.8 cm³/mol. The van der Waals surface area contributed by atoms with Gasteiger partial charge in [-0.25, -0.2) is 0 Å². The smallest absolute Gasteiger partial charge is 0.0626 e. The third-order valence-corrected chi connectivity index (χ3v) is 3.16. The minimum atomic E-state index is -0.0931. The number of hydrogen-bond acceptors (Lipinski definition) is 2. The van der Waals surface area contributed by atoms with E-state index in [0.717, 1.165) is 11.1 Å². The number of aliphatic hydroxyl groups excluding tert-OH is 1. The second kappa shape index (κ2) is 6.88. The largest absolute Gasteiger partial charge is 0.394 e. The van der Waals surface area contributed by atoms with Gasteiger partial charge in [-0.15, -0.1) is 6.58 Å². The SMILES string of the molecule is C=C[C@@H](N[C@@H](CO)c1ccccc1)c1ccccc1. The molecule has 2 aromatic carbocycles. The van der Waals surface area contributed by atoms with Crippen LogP contribution in [0.25, 0.3) is 0 Å². The van der Waals surface area contributed by atoms with Crippen molar-refractivity contribution in [3.63, 3.8) is 0 Å². The lowest BCUT2D eigenvalue weighted by atomic mass is 10.0. The molecule has 0 unspecified atom stereocenters. The van der Waals surface area contributed by atoms with E-state index in [1.165, 1.54) is 0 Å². The van der Waals surface area contributed by atoms with Gasteiger partial charge in [0.2, 0.25) is 0 Å². The summed E-state index contributed by atoms with van der Waals surface area (Å²) in [5.74, 6) is 0. The maximum atomic E-state index is 9.57. The summed E-state index contributed by atoms with van der Waals surface area (Å²) in [6, 6.07) is 20.0. The van der Waals surface area contributed by atoms with Gasteiger partial charge in [-0.2, -0.15) is 0 Å². The second-order valence-corrected chi connectivity index (χ2v) is 4.44. The van der Waals surface area contributed by atoms with Crippen molar-refractivity contribution in [3.05, 3.63) is 84.4 Å². The summed E-state index contributed by atoms with van der Waals surface area (Å²) >= 11 is 0. The van der Waals surface area contributed by atoms with Gasteiger partial charge < -0.3 is 5.11 Å². The zero-order valence-corrected chi connectivity index (χ0v) is 10.9. The van der Waals surface area contributed by atoms with Gasteiger partial charge in [-0.05, 0) is 11.1 Å². The molecule has 19 heavy (non-hydrogen) atoms. The first-order valence-electron chi connectivity index (χ1n) is 6.44. The van der Waals surface area contributed by atoms with Gasteiger partial charge in [0.1, 0.15) is 0 Å². The van der Waals surface area contributed by atoms with Crippen molar-refractivity contribution in [2.75, 3.05) is 6.61 Å². The summed E-state index contributed by atoms with van der Waals surface area (Å²) in [4.78, 5) is 0. The fraction of sp³-hybridized carbons (Fsp3) is 0.176. The van der Waals surface area contributed by atoms with E-state index in [9.17, 15) is 5.11 Å². The molecule has 0 fully saturated rings. The van der Waals surface area contributed by atoms with Gasteiger partial charge in [0.25, 0.3) is 0 Å². The van der Waals surface area contributed by atoms with Gasteiger partial charge in [0, 0.05) is 0 Å². The lowest BCUT2D eigenvalue weighted by molar-refractivity contribution is 0.239. The van der Waals surface area contributed by atoms with Crippen LogP contribution in [0, 0.1) is 0 Å². The molecule has 2 N–H and O–H groups in total. The maximum absolute atomic E-state index is 9.57. The van der Waals surface area contributed by atoms with Crippen LogP contribution in [0.15, 0.2) is 73.3 Å². The Morgan fingerprint density at radius 1 is 0.947 bits per heavy atom. The molecule has 2 atom stereocenters. The quantitative estimate of drug-likeness (QED) is 0.775. The number of aliphatic hydroxyl groups is 1. The number of rotatable bonds is 6. The standard InChI is InChI=1S/C17H19NO/c1-2-16(14-9-5-3-6-10-14)18-17(13-19)15-11-7-4-8-12-15/h2-12,16-19H,1,13H2/t16-,17+/m1/s1. The molecule has 2 nitrogen and oxygen atoms in total. The molecular formula is C17H19NO. The summed E-state index contributed by atoms with van der Waals surface area (Å²) < 4.78 is 0. The Morgan fingerprint density at radius 2 is 1.47 bits per heavy atom. The van der Waals surface area contributed by atoms with Crippen LogP contribution in [0.4, 0.5) is 0 Å². The minimum absolute atomic E-state index is 0.0264. The molecule has 2 heteroatoms. The van der Waals surface area contributed by atoms with Crippen LogP contribution in [-0.4, -0.2) is 11.7 Å². The average Bonchev–Trinajstić information content (AvgIpc) is 2.50. The fourth-order valence-corrected chi connectivity index (χ4v) is 2.12. The van der Waals surface area contributed by atoms with E-state index in [1.54, 1.807) is 0 Å². The number of nitrogens with one attached hydrogen (secondary N) is 1. The molecule has 2 aromatic rings. The zero-order valence-electron chi connectivity index (χ0n) is 10.9. The Bertz CT molecular complexity index is 495. The zero-order chi connectivity index (χ0) is 13.5. The maximum Gasteiger partial charge on any atom is 0.0626 e. The Morgan fingerprint density at radius 3 is 1.95 bits per heavy atom. The van der Waals surface area contributed by atoms with Crippen molar-refractivity contribution in [1.82, 2.24) is 5.32 Å². The van der Waals surface area contributed by atoms with E-state index in [4.69, 9.17) is 0 Å². The molecule has 0 spiro atoms. The van der Waals surface area contributed by atoms with Crippen molar-refractivity contribution >= 4 is 0 Å². The van der Waals surface area contributed by atoms with Crippen LogP contribution >= 0.6 is 0 Å². The van der Waals surface area contributed by atoms with Crippen LogP contribution in [0.1, 0.15) is 23.2 Å². The second-order valence-electron chi connectivity index (χ2n) is 4.44. The Labute approximate surface area is 114 Å². The van der Waals surface area contributed by atoms with Crippen molar-refractivity contribution in [2.24, 2.45) is 0 Å². The van der Waals surface area contributed by atoms with E-state index in [-0.39, 0.29) is 18.7 Å². The van der Waals surface area contributed by atoms with E-state index in [2.05, 4.69) is 24.0 Å². The third kappa shape index (κ3) is 3.53. The average molecular weight is 253 g/mol. The summed E-state index contributed by atoms with van der Waals surface area (Å²) in [5.41, 5.74) is 2.22. The molecule has 98 valence electrons. The van der Waals surface area contributed by atoms with Crippen LogP contribution in [-0.2, 0) is 0 Å². The highest BCUT2D eigenvalue weighted by atomic mass is 16.3. The molecule has 0 aliphatic heterocycles. The molecule has 0 radical (unpaired) electrons. The molecule has 0 saturated heterocycles. The summed E-state index contributed by atoms with van der Waals surface area (Å²) in [5, 5.41) is 13.0. The van der Waals surface area contributed by atoms with Gasteiger partial charge in [-0.1, -0.05) is 66.7 Å². The summed E-state index contributed by atoms with van der Waals surface area (Å²) in [6.45, 7) is 3.93. The monoisotopic (exact) mass is 253 g/mol. The molecule has 2 rings (SSSR count). The van der Waals surface area contributed by atoms with Crippen LogP contribution < -0.4 is 5.32 Å². The van der Waals surface area contributed by atoms with Gasteiger partial charge in [0.05, 0.1) is 18.7 Å². The van der Waals surface area contributed by atoms with Gasteiger partial charge in [-0.3, -0.25) is 5.32 Å². The molecule has 0 aliphatic rings. The Hall–Kier alpha value is -1.90. The highest BCUT2D eigenvalue weighted by molar-refractivity contribution is 5.25. The van der Waals surface area contributed by atoms with Crippen molar-refractivity contribution in [1.29, 1.82) is 0 Å². The Kier molecular flexibility index (Phi) is 4.90. The molecule has 0 aliphatic carbocycles. The van der Waals surface area contributed by atoms with E-state index >= 15 is 0 Å². The Balaban J connectivity index is 2.15. The van der Waals surface area contributed by atoms with E-state index in [0.29, 0.717) is 0 Å². The molecule has 0 saturated carbocycles. The topological polar surface area (TPSA) is 32.3 Å². The fourth-order valence-electron chi connectivity index (χ4n) is 2.12. The van der Waals surface area contributed by atoms with Crippen LogP contribution in [0.2, 0.25) is 0 Å². The first-order chi connectivity index (χ1) is 9.35. The first kappa shape index (κ1) is 13.5.